The van der Waals surface area contributed by atoms with Crippen molar-refractivity contribution in [3.05, 3.63) is 39.7 Å². The molecule has 2 N–H and O–H groups in total. The summed E-state index contributed by atoms with van der Waals surface area (Å²) in [6.45, 7) is 0. The van der Waals surface area contributed by atoms with Crippen molar-refractivity contribution in [1.82, 2.24) is 4.98 Å². The van der Waals surface area contributed by atoms with Gasteiger partial charge in [0.25, 0.3) is 0 Å². The predicted molar refractivity (Wildman–Crippen MR) is 56.5 cm³/mol. The molecule has 0 fully saturated rings. The third-order valence-electron chi connectivity index (χ3n) is 1.95. The fourth-order valence-corrected chi connectivity index (χ4v) is 2.15. The molecule has 1 atom stereocenters. The molecule has 2 heterocycles. The Labute approximate surface area is 90.5 Å². The molecular formula is C9H9ClN2OS. The quantitative estimate of drug-likeness (QED) is 0.879. The van der Waals surface area contributed by atoms with Gasteiger partial charge >= 0.3 is 0 Å². The van der Waals surface area contributed by atoms with Gasteiger partial charge < -0.3 is 10.2 Å². The first-order valence-corrected chi connectivity index (χ1v) is 5.39. The highest BCUT2D eigenvalue weighted by Crippen LogP contribution is 2.25. The van der Waals surface area contributed by atoms with Gasteiger partial charge in [-0.1, -0.05) is 0 Å². The van der Waals surface area contributed by atoms with Crippen molar-refractivity contribution in [3.63, 3.8) is 0 Å². The highest BCUT2D eigenvalue weighted by molar-refractivity contribution is 7.09. The molecule has 0 radical (unpaired) electrons. The van der Waals surface area contributed by atoms with Crippen molar-refractivity contribution in [3.8, 4) is 0 Å². The summed E-state index contributed by atoms with van der Waals surface area (Å²) in [4.78, 5) is 5.13. The number of aromatic nitrogens is 1. The second-order valence-electron chi connectivity index (χ2n) is 2.93. The summed E-state index contributed by atoms with van der Waals surface area (Å²) in [6.07, 6.45) is 4.10. The summed E-state index contributed by atoms with van der Waals surface area (Å²) >= 11 is 7.41. The van der Waals surface area contributed by atoms with Gasteiger partial charge in [-0.25, -0.2) is 0 Å². The van der Waals surface area contributed by atoms with E-state index in [-0.39, 0.29) is 6.04 Å². The average molecular weight is 229 g/mol. The zero-order chi connectivity index (χ0) is 9.97. The van der Waals surface area contributed by atoms with Gasteiger partial charge in [-0.15, -0.1) is 11.3 Å². The fourth-order valence-electron chi connectivity index (χ4n) is 1.24. The molecule has 0 saturated carbocycles. The van der Waals surface area contributed by atoms with E-state index in [1.807, 2.05) is 6.20 Å². The number of nitrogens with two attached hydrogens (primary N) is 1. The van der Waals surface area contributed by atoms with Crippen LogP contribution < -0.4 is 5.73 Å². The van der Waals surface area contributed by atoms with Gasteiger partial charge in [0.2, 0.25) is 0 Å². The summed E-state index contributed by atoms with van der Waals surface area (Å²) < 4.78 is 4.98. The average Bonchev–Trinajstić information content (AvgIpc) is 2.75. The minimum Gasteiger partial charge on any atom is -0.453 e. The van der Waals surface area contributed by atoms with Crippen LogP contribution in [0.4, 0.5) is 0 Å². The smallest absolute Gasteiger partial charge is 0.197 e. The number of hydrogen-bond acceptors (Lipinski definition) is 4. The number of thiazole rings is 1. The van der Waals surface area contributed by atoms with E-state index < -0.39 is 0 Å². The highest BCUT2D eigenvalue weighted by Gasteiger charge is 2.13. The molecule has 0 aliphatic carbocycles. The molecule has 0 spiro atoms. The third-order valence-corrected chi connectivity index (χ3v) is 3.06. The molecule has 0 amide bonds. The molecule has 0 bridgehead atoms. The standard InChI is InChI=1S/C9H9ClN2OS/c10-9-7(1-2-13-9)8(11)3-6-4-12-5-14-6/h1-2,4-5,8H,3,11H2. The molecule has 1 unspecified atom stereocenters. The molecule has 0 aromatic carbocycles. The third kappa shape index (κ3) is 1.97. The lowest BCUT2D eigenvalue weighted by Crippen LogP contribution is -2.12. The molecule has 2 aromatic rings. The number of nitrogens with zero attached hydrogens (tertiary/aromatic N) is 1. The van der Waals surface area contributed by atoms with Gasteiger partial charge in [-0.05, 0) is 17.7 Å². The molecular weight excluding hydrogens is 220 g/mol. The maximum absolute atomic E-state index is 5.97. The van der Waals surface area contributed by atoms with Gasteiger partial charge in [0.1, 0.15) is 0 Å². The van der Waals surface area contributed by atoms with E-state index in [1.165, 1.54) is 0 Å². The van der Waals surface area contributed by atoms with Gasteiger partial charge in [-0.2, -0.15) is 0 Å². The molecule has 74 valence electrons. The van der Waals surface area contributed by atoms with Crippen molar-refractivity contribution < 1.29 is 4.42 Å². The normalized spacial score (nSPS) is 13.0. The van der Waals surface area contributed by atoms with Crippen molar-refractivity contribution in [2.24, 2.45) is 5.73 Å². The van der Waals surface area contributed by atoms with E-state index in [9.17, 15) is 0 Å². The van der Waals surface area contributed by atoms with Crippen LogP contribution in [0.15, 0.2) is 28.5 Å². The van der Waals surface area contributed by atoms with Gasteiger partial charge in [-0.3, -0.25) is 4.98 Å². The Balaban J connectivity index is 2.10. The Bertz CT molecular complexity index is 399. The molecule has 5 heteroatoms. The van der Waals surface area contributed by atoms with Gasteiger partial charge in [0.05, 0.1) is 11.8 Å². The number of halogens is 1. The van der Waals surface area contributed by atoms with Crippen LogP contribution in [-0.2, 0) is 6.42 Å². The number of rotatable bonds is 3. The van der Waals surface area contributed by atoms with Crippen molar-refractivity contribution >= 4 is 22.9 Å². The largest absolute Gasteiger partial charge is 0.453 e. The van der Waals surface area contributed by atoms with Crippen LogP contribution in [0, 0.1) is 0 Å². The molecule has 14 heavy (non-hydrogen) atoms. The van der Waals surface area contributed by atoms with Crippen molar-refractivity contribution in [1.29, 1.82) is 0 Å². The highest BCUT2D eigenvalue weighted by atomic mass is 35.5. The summed E-state index contributed by atoms with van der Waals surface area (Å²) in [5, 5.41) is 0.377. The lowest BCUT2D eigenvalue weighted by molar-refractivity contribution is 0.560. The number of furan rings is 1. The zero-order valence-corrected chi connectivity index (χ0v) is 8.89. The summed E-state index contributed by atoms with van der Waals surface area (Å²) in [7, 11) is 0. The Morgan fingerprint density at radius 1 is 1.64 bits per heavy atom. The molecule has 2 aromatic heterocycles. The monoisotopic (exact) mass is 228 g/mol. The molecule has 3 nitrogen and oxygen atoms in total. The van der Waals surface area contributed by atoms with E-state index >= 15 is 0 Å². The predicted octanol–water partition coefficient (Wildman–Crippen LogP) is 2.63. The van der Waals surface area contributed by atoms with Crippen molar-refractivity contribution in [2.45, 2.75) is 12.5 Å². The molecule has 2 rings (SSSR count). The summed E-state index contributed by atoms with van der Waals surface area (Å²) in [5.41, 5.74) is 8.60. The molecule has 0 aliphatic heterocycles. The second-order valence-corrected chi connectivity index (χ2v) is 4.24. The minimum absolute atomic E-state index is 0.123. The van der Waals surface area contributed by atoms with E-state index in [2.05, 4.69) is 4.98 Å². The van der Waals surface area contributed by atoms with Crippen LogP contribution in [0.3, 0.4) is 0 Å². The first-order valence-electron chi connectivity index (χ1n) is 4.13. The van der Waals surface area contributed by atoms with Gasteiger partial charge in [0.15, 0.2) is 5.22 Å². The summed E-state index contributed by atoms with van der Waals surface area (Å²) in [6, 6.07) is 1.68. The Morgan fingerprint density at radius 2 is 2.50 bits per heavy atom. The van der Waals surface area contributed by atoms with Crippen LogP contribution >= 0.6 is 22.9 Å². The molecule has 0 aliphatic rings. The van der Waals surface area contributed by atoms with Crippen LogP contribution in [0.5, 0.6) is 0 Å². The van der Waals surface area contributed by atoms with Crippen LogP contribution in [0.2, 0.25) is 5.22 Å². The van der Waals surface area contributed by atoms with E-state index in [0.29, 0.717) is 5.22 Å². The maximum atomic E-state index is 5.97. The Kier molecular flexibility index (Phi) is 2.86. The lowest BCUT2D eigenvalue weighted by atomic mass is 10.1. The summed E-state index contributed by atoms with van der Waals surface area (Å²) in [5.74, 6) is 0. The van der Waals surface area contributed by atoms with E-state index in [0.717, 1.165) is 16.9 Å². The Hall–Kier alpha value is -0.840. The van der Waals surface area contributed by atoms with Crippen molar-refractivity contribution in [2.75, 3.05) is 0 Å². The van der Waals surface area contributed by atoms with E-state index in [1.54, 1.807) is 29.2 Å². The lowest BCUT2D eigenvalue weighted by Gasteiger charge is -2.07. The minimum atomic E-state index is -0.123. The fraction of sp³-hybridized carbons (Fsp3) is 0.222. The van der Waals surface area contributed by atoms with Gasteiger partial charge in [0, 0.05) is 29.1 Å². The second kappa shape index (κ2) is 4.13. The van der Waals surface area contributed by atoms with Crippen LogP contribution in [0.1, 0.15) is 16.5 Å². The SMILES string of the molecule is NC(Cc1cncs1)c1ccoc1Cl. The van der Waals surface area contributed by atoms with Crippen LogP contribution in [0.25, 0.3) is 0 Å². The first-order chi connectivity index (χ1) is 6.77. The maximum Gasteiger partial charge on any atom is 0.197 e. The van der Waals surface area contributed by atoms with E-state index in [4.69, 9.17) is 21.8 Å². The van der Waals surface area contributed by atoms with Crippen LogP contribution in [-0.4, -0.2) is 4.98 Å². The Morgan fingerprint density at radius 3 is 3.07 bits per heavy atom. The molecule has 0 saturated heterocycles. The first kappa shape index (κ1) is 9.71. The zero-order valence-electron chi connectivity index (χ0n) is 7.31. The topological polar surface area (TPSA) is 52.0 Å². The number of hydrogen-bond donors (Lipinski definition) is 1.